The number of anilines is 2. The van der Waals surface area contributed by atoms with Gasteiger partial charge in [-0.1, -0.05) is 0 Å². The van der Waals surface area contributed by atoms with Gasteiger partial charge in [-0.05, 0) is 24.6 Å². The first-order valence-electron chi connectivity index (χ1n) is 8.83. The summed E-state index contributed by atoms with van der Waals surface area (Å²) >= 11 is 0. The van der Waals surface area contributed by atoms with Crippen molar-refractivity contribution < 1.29 is 9.72 Å². The van der Waals surface area contributed by atoms with Crippen molar-refractivity contribution in [1.82, 2.24) is 14.9 Å². The number of aromatic nitrogens is 2. The second kappa shape index (κ2) is 8.43. The lowest BCUT2D eigenvalue weighted by Gasteiger charge is -2.34. The van der Waals surface area contributed by atoms with Gasteiger partial charge in [0.15, 0.2) is 0 Å². The summed E-state index contributed by atoms with van der Waals surface area (Å²) in [6, 6.07) is 6.44. The maximum Gasteiger partial charge on any atom is 0.269 e. The first-order valence-corrected chi connectivity index (χ1v) is 8.83. The molecule has 27 heavy (non-hydrogen) atoms. The zero-order valence-corrected chi connectivity index (χ0v) is 15.2. The molecule has 1 aromatic carbocycles. The van der Waals surface area contributed by atoms with Crippen molar-refractivity contribution in [3.63, 3.8) is 0 Å². The van der Waals surface area contributed by atoms with Crippen molar-refractivity contribution in [2.75, 3.05) is 42.9 Å². The van der Waals surface area contributed by atoms with Gasteiger partial charge in [0, 0.05) is 69.4 Å². The van der Waals surface area contributed by atoms with Crippen LogP contribution in [0.4, 0.5) is 17.3 Å². The molecule has 0 spiro atoms. The van der Waals surface area contributed by atoms with Crippen molar-refractivity contribution in [2.24, 2.45) is 0 Å². The first-order chi connectivity index (χ1) is 13.0. The summed E-state index contributed by atoms with van der Waals surface area (Å²) in [5, 5.41) is 14.0. The second-order valence-electron chi connectivity index (χ2n) is 6.35. The maximum absolute atomic E-state index is 12.4. The predicted octanol–water partition coefficient (Wildman–Crippen LogP) is 1.84. The van der Waals surface area contributed by atoms with Crippen LogP contribution in [-0.4, -0.2) is 58.4 Å². The maximum atomic E-state index is 12.4. The Bertz CT molecular complexity index is 806. The summed E-state index contributed by atoms with van der Waals surface area (Å²) in [5.74, 6) is 0.788. The van der Waals surface area contributed by atoms with E-state index < -0.39 is 4.92 Å². The van der Waals surface area contributed by atoms with E-state index in [-0.39, 0.29) is 11.6 Å². The Morgan fingerprint density at radius 2 is 1.93 bits per heavy atom. The van der Waals surface area contributed by atoms with E-state index >= 15 is 0 Å². The van der Waals surface area contributed by atoms with Gasteiger partial charge in [0.1, 0.15) is 0 Å². The number of rotatable bonds is 6. The lowest BCUT2D eigenvalue weighted by Crippen LogP contribution is -2.49. The number of nitrogens with zero attached hydrogens (tertiary/aromatic N) is 5. The molecule has 1 N–H and O–H groups in total. The quantitative estimate of drug-likeness (QED) is 0.611. The number of nitro benzene ring substituents is 1. The lowest BCUT2D eigenvalue weighted by molar-refractivity contribution is -0.384. The monoisotopic (exact) mass is 370 g/mol. The van der Waals surface area contributed by atoms with E-state index in [0.717, 1.165) is 11.3 Å². The van der Waals surface area contributed by atoms with E-state index in [0.29, 0.717) is 45.1 Å². The smallest absolute Gasteiger partial charge is 0.269 e. The number of nitro groups is 1. The average molecular weight is 370 g/mol. The number of benzene rings is 1. The number of nitrogens with one attached hydrogen (secondary N) is 1. The minimum absolute atomic E-state index is 0.0643. The molecule has 3 rings (SSSR count). The summed E-state index contributed by atoms with van der Waals surface area (Å²) in [6.07, 6.45) is 3.80. The van der Waals surface area contributed by atoms with E-state index in [9.17, 15) is 14.9 Å². The van der Waals surface area contributed by atoms with Gasteiger partial charge >= 0.3 is 0 Å². The van der Waals surface area contributed by atoms with Crippen LogP contribution in [0.1, 0.15) is 12.0 Å². The molecule has 0 aliphatic carbocycles. The normalized spacial score (nSPS) is 14.1. The lowest BCUT2D eigenvalue weighted by atomic mass is 10.1. The number of carbonyl (C=O) groups is 1. The average Bonchev–Trinajstić information content (AvgIpc) is 2.69. The minimum atomic E-state index is -0.416. The van der Waals surface area contributed by atoms with Gasteiger partial charge in [-0.15, -0.1) is 0 Å². The van der Waals surface area contributed by atoms with Gasteiger partial charge in [0.05, 0.1) is 4.92 Å². The number of piperazine rings is 1. The molecule has 0 bridgehead atoms. The highest BCUT2D eigenvalue weighted by Gasteiger charge is 2.22. The fraction of sp³-hybridized carbons (Fsp3) is 0.389. The molecular weight excluding hydrogens is 348 g/mol. The molecule has 0 unspecified atom stereocenters. The van der Waals surface area contributed by atoms with Gasteiger partial charge < -0.3 is 15.1 Å². The summed E-state index contributed by atoms with van der Waals surface area (Å²) in [4.78, 5) is 35.2. The third-order valence-electron chi connectivity index (χ3n) is 4.54. The van der Waals surface area contributed by atoms with E-state index in [1.54, 1.807) is 24.5 Å². The molecule has 142 valence electrons. The Labute approximate surface area is 157 Å². The number of hydrogen-bond donors (Lipinski definition) is 1. The van der Waals surface area contributed by atoms with Crippen LogP contribution in [0.5, 0.6) is 0 Å². The Hall–Kier alpha value is -3.23. The number of aryl methyl sites for hydroxylation is 1. The van der Waals surface area contributed by atoms with Crippen LogP contribution >= 0.6 is 0 Å². The largest absolute Gasteiger partial charge is 0.384 e. The molecule has 1 aliphatic heterocycles. The Balaban J connectivity index is 1.44. The van der Waals surface area contributed by atoms with Crippen molar-refractivity contribution in [3.05, 3.63) is 52.3 Å². The van der Waals surface area contributed by atoms with Crippen LogP contribution in [0.3, 0.4) is 0 Å². The SMILES string of the molecule is Cc1cc([N+](=O)[O-])ccc1NCCC(=O)N1CCN(c2ncccn2)CC1. The van der Waals surface area contributed by atoms with E-state index in [2.05, 4.69) is 20.2 Å². The van der Waals surface area contributed by atoms with Crippen molar-refractivity contribution in [3.8, 4) is 0 Å². The molecule has 1 fully saturated rings. The first kappa shape index (κ1) is 18.6. The third-order valence-corrected chi connectivity index (χ3v) is 4.54. The van der Waals surface area contributed by atoms with Crippen LogP contribution in [0, 0.1) is 17.0 Å². The standard InChI is InChI=1S/C18H22N6O3/c1-14-13-15(24(26)27)3-4-16(14)19-8-5-17(25)22-9-11-23(12-10-22)18-20-6-2-7-21-18/h2-4,6-7,13,19H,5,8-12H2,1H3. The number of amides is 1. The fourth-order valence-corrected chi connectivity index (χ4v) is 3.03. The molecule has 0 atom stereocenters. The summed E-state index contributed by atoms with van der Waals surface area (Å²) in [7, 11) is 0. The van der Waals surface area contributed by atoms with E-state index in [1.165, 1.54) is 12.1 Å². The summed E-state index contributed by atoms with van der Waals surface area (Å²) < 4.78 is 0. The Kier molecular flexibility index (Phi) is 5.80. The molecule has 2 heterocycles. The van der Waals surface area contributed by atoms with Gasteiger partial charge in [0.2, 0.25) is 11.9 Å². The van der Waals surface area contributed by atoms with Crippen molar-refractivity contribution >= 4 is 23.2 Å². The van der Waals surface area contributed by atoms with Crippen LogP contribution in [0.2, 0.25) is 0 Å². The molecule has 2 aromatic rings. The highest BCUT2D eigenvalue weighted by Crippen LogP contribution is 2.21. The molecule has 1 amide bonds. The van der Waals surface area contributed by atoms with E-state index in [1.807, 2.05) is 11.8 Å². The van der Waals surface area contributed by atoms with Crippen LogP contribution in [0.15, 0.2) is 36.7 Å². The Morgan fingerprint density at radius 1 is 1.22 bits per heavy atom. The molecule has 0 radical (unpaired) electrons. The third kappa shape index (κ3) is 4.69. The molecule has 1 aromatic heterocycles. The van der Waals surface area contributed by atoms with Gasteiger partial charge in [-0.2, -0.15) is 0 Å². The van der Waals surface area contributed by atoms with Gasteiger partial charge in [-0.25, -0.2) is 9.97 Å². The van der Waals surface area contributed by atoms with E-state index in [4.69, 9.17) is 0 Å². The number of carbonyl (C=O) groups excluding carboxylic acids is 1. The summed E-state index contributed by atoms with van der Waals surface area (Å²) in [5.41, 5.74) is 1.65. The molecule has 9 heteroatoms. The van der Waals surface area contributed by atoms with Crippen LogP contribution < -0.4 is 10.2 Å². The highest BCUT2D eigenvalue weighted by atomic mass is 16.6. The molecule has 1 aliphatic rings. The zero-order valence-electron chi connectivity index (χ0n) is 15.2. The molecule has 1 saturated heterocycles. The fourth-order valence-electron chi connectivity index (χ4n) is 3.03. The minimum Gasteiger partial charge on any atom is -0.384 e. The molecule has 9 nitrogen and oxygen atoms in total. The van der Waals surface area contributed by atoms with Crippen LogP contribution in [-0.2, 0) is 4.79 Å². The number of non-ortho nitro benzene ring substituents is 1. The zero-order chi connectivity index (χ0) is 19.2. The predicted molar refractivity (Wildman–Crippen MR) is 102 cm³/mol. The highest BCUT2D eigenvalue weighted by molar-refractivity contribution is 5.77. The summed E-state index contributed by atoms with van der Waals surface area (Å²) in [6.45, 7) is 5.01. The van der Waals surface area contributed by atoms with Gasteiger partial charge in [0.25, 0.3) is 5.69 Å². The van der Waals surface area contributed by atoms with Gasteiger partial charge in [-0.3, -0.25) is 14.9 Å². The van der Waals surface area contributed by atoms with Crippen molar-refractivity contribution in [1.29, 1.82) is 0 Å². The van der Waals surface area contributed by atoms with Crippen molar-refractivity contribution in [2.45, 2.75) is 13.3 Å². The topological polar surface area (TPSA) is 104 Å². The Morgan fingerprint density at radius 3 is 2.56 bits per heavy atom. The number of hydrogen-bond acceptors (Lipinski definition) is 7. The van der Waals surface area contributed by atoms with Crippen LogP contribution in [0.25, 0.3) is 0 Å². The second-order valence-corrected chi connectivity index (χ2v) is 6.35. The molecular formula is C18H22N6O3. The molecule has 0 saturated carbocycles.